The summed E-state index contributed by atoms with van der Waals surface area (Å²) in [4.78, 5) is 12.2. The van der Waals surface area contributed by atoms with E-state index in [1.807, 2.05) is 30.3 Å². The summed E-state index contributed by atoms with van der Waals surface area (Å²) in [6.07, 6.45) is 4.88. The first kappa shape index (κ1) is 9.40. The number of ketones is 1. The molecule has 0 N–H and O–H groups in total. The van der Waals surface area contributed by atoms with E-state index in [1.54, 1.807) is 6.26 Å². The van der Waals surface area contributed by atoms with E-state index in [-0.39, 0.29) is 5.78 Å². The lowest BCUT2D eigenvalue weighted by molar-refractivity contribution is 0.101. The summed E-state index contributed by atoms with van der Waals surface area (Å²) in [5.74, 6) is 0.544. The molecule has 0 saturated carbocycles. The third kappa shape index (κ3) is 1.38. The van der Waals surface area contributed by atoms with Crippen LogP contribution in [0.1, 0.15) is 33.7 Å². The molecule has 0 atom stereocenters. The van der Waals surface area contributed by atoms with Gasteiger partial charge in [-0.1, -0.05) is 30.3 Å². The topological polar surface area (TPSA) is 30.2 Å². The number of carbonyl (C=O) groups excluding carboxylic acids is 1. The van der Waals surface area contributed by atoms with Crippen molar-refractivity contribution < 1.29 is 9.21 Å². The monoisotopic (exact) mass is 212 g/mol. The Balaban J connectivity index is 2.02. The fourth-order valence-electron chi connectivity index (χ4n) is 2.27. The first-order valence-electron chi connectivity index (χ1n) is 5.55. The fraction of sp³-hybridized carbons (Fsp3) is 0.214. The lowest BCUT2D eigenvalue weighted by Crippen LogP contribution is -2.02. The van der Waals surface area contributed by atoms with Crippen molar-refractivity contribution in [3.05, 3.63) is 59.0 Å². The predicted octanol–water partition coefficient (Wildman–Crippen LogP) is 3.00. The van der Waals surface area contributed by atoms with Gasteiger partial charge in [0, 0.05) is 11.1 Å². The van der Waals surface area contributed by atoms with Crippen LogP contribution in [0.15, 0.2) is 41.0 Å². The molecule has 1 aliphatic rings. The zero-order chi connectivity index (χ0) is 11.0. The summed E-state index contributed by atoms with van der Waals surface area (Å²) in [6, 6.07) is 9.30. The van der Waals surface area contributed by atoms with Crippen LogP contribution < -0.4 is 0 Å². The van der Waals surface area contributed by atoms with Crippen molar-refractivity contribution in [2.24, 2.45) is 0 Å². The maximum atomic E-state index is 12.2. The fourth-order valence-corrected chi connectivity index (χ4v) is 2.27. The minimum Gasteiger partial charge on any atom is -0.460 e. The normalized spacial score (nSPS) is 13.8. The van der Waals surface area contributed by atoms with Gasteiger partial charge in [-0.15, -0.1) is 0 Å². The van der Waals surface area contributed by atoms with Crippen molar-refractivity contribution in [2.75, 3.05) is 0 Å². The highest BCUT2D eigenvalue weighted by molar-refractivity contribution is 6.08. The molecule has 16 heavy (non-hydrogen) atoms. The van der Waals surface area contributed by atoms with Crippen LogP contribution >= 0.6 is 0 Å². The Hall–Kier alpha value is -1.83. The Morgan fingerprint density at radius 1 is 1.12 bits per heavy atom. The molecular weight excluding hydrogens is 200 g/mol. The molecule has 1 aromatic carbocycles. The molecule has 0 aliphatic heterocycles. The van der Waals surface area contributed by atoms with Gasteiger partial charge in [0.15, 0.2) is 5.76 Å². The van der Waals surface area contributed by atoms with Gasteiger partial charge >= 0.3 is 0 Å². The van der Waals surface area contributed by atoms with E-state index in [4.69, 9.17) is 4.42 Å². The largest absolute Gasteiger partial charge is 0.460 e. The van der Waals surface area contributed by atoms with Crippen LogP contribution in [-0.4, -0.2) is 5.78 Å². The molecular formula is C14H12O2. The van der Waals surface area contributed by atoms with Crippen LogP contribution in [0.4, 0.5) is 0 Å². The molecule has 2 nitrogen and oxygen atoms in total. The zero-order valence-electron chi connectivity index (χ0n) is 8.90. The number of aryl methyl sites for hydroxylation is 1. The number of hydrogen-bond acceptors (Lipinski definition) is 2. The zero-order valence-corrected chi connectivity index (χ0v) is 8.90. The Labute approximate surface area is 93.9 Å². The second kappa shape index (κ2) is 3.63. The minimum absolute atomic E-state index is 0.00347. The van der Waals surface area contributed by atoms with Crippen molar-refractivity contribution >= 4 is 5.78 Å². The summed E-state index contributed by atoms with van der Waals surface area (Å²) in [6.45, 7) is 0. The number of furan rings is 1. The van der Waals surface area contributed by atoms with Crippen LogP contribution in [0.5, 0.6) is 0 Å². The third-order valence-corrected chi connectivity index (χ3v) is 3.10. The number of hydrogen-bond donors (Lipinski definition) is 0. The summed E-state index contributed by atoms with van der Waals surface area (Å²) in [5.41, 5.74) is 3.03. The van der Waals surface area contributed by atoms with Crippen molar-refractivity contribution in [3.8, 4) is 0 Å². The highest BCUT2D eigenvalue weighted by atomic mass is 16.3. The first-order chi connectivity index (χ1) is 7.86. The second-order valence-corrected chi connectivity index (χ2v) is 4.12. The quantitative estimate of drug-likeness (QED) is 0.716. The molecule has 2 aromatic rings. The van der Waals surface area contributed by atoms with Gasteiger partial charge in [0.25, 0.3) is 0 Å². The highest BCUT2D eigenvalue weighted by Gasteiger charge is 2.23. The van der Waals surface area contributed by atoms with E-state index in [0.717, 1.165) is 24.8 Å². The maximum absolute atomic E-state index is 12.2. The molecule has 0 spiro atoms. The predicted molar refractivity (Wildman–Crippen MR) is 60.6 cm³/mol. The Morgan fingerprint density at radius 3 is 2.75 bits per heavy atom. The Morgan fingerprint density at radius 2 is 1.94 bits per heavy atom. The summed E-state index contributed by atoms with van der Waals surface area (Å²) in [7, 11) is 0. The molecule has 1 heterocycles. The molecule has 2 heteroatoms. The van der Waals surface area contributed by atoms with Gasteiger partial charge in [-0.05, 0) is 24.8 Å². The Kier molecular flexibility index (Phi) is 2.13. The molecule has 0 bridgehead atoms. The molecule has 0 fully saturated rings. The third-order valence-electron chi connectivity index (χ3n) is 3.10. The molecule has 1 aromatic heterocycles. The molecule has 0 unspecified atom stereocenters. The average Bonchev–Trinajstić information content (AvgIpc) is 2.91. The van der Waals surface area contributed by atoms with Crippen LogP contribution in [0, 0.1) is 0 Å². The van der Waals surface area contributed by atoms with Crippen LogP contribution in [0.3, 0.4) is 0 Å². The van der Waals surface area contributed by atoms with Gasteiger partial charge in [-0.3, -0.25) is 4.79 Å². The van der Waals surface area contributed by atoms with E-state index >= 15 is 0 Å². The van der Waals surface area contributed by atoms with Gasteiger partial charge in [-0.2, -0.15) is 0 Å². The standard InChI is InChI=1S/C14H12O2/c15-13(10-5-2-1-3-6-10)14-12-8-4-7-11(12)9-16-14/h1-3,5-6,9H,4,7-8H2. The lowest BCUT2D eigenvalue weighted by atomic mass is 10.0. The first-order valence-corrected chi connectivity index (χ1v) is 5.55. The van der Waals surface area contributed by atoms with E-state index in [1.165, 1.54) is 5.56 Å². The number of fused-ring (bicyclic) bond motifs is 1. The SMILES string of the molecule is O=C(c1ccccc1)c1occ2c1CCC2. The van der Waals surface area contributed by atoms with Crippen LogP contribution in [-0.2, 0) is 12.8 Å². The number of rotatable bonds is 2. The smallest absolute Gasteiger partial charge is 0.228 e. The summed E-state index contributed by atoms with van der Waals surface area (Å²) in [5, 5.41) is 0. The molecule has 0 saturated heterocycles. The van der Waals surface area contributed by atoms with E-state index in [0.29, 0.717) is 11.3 Å². The van der Waals surface area contributed by atoms with E-state index in [9.17, 15) is 4.79 Å². The van der Waals surface area contributed by atoms with Gasteiger partial charge < -0.3 is 4.42 Å². The summed E-state index contributed by atoms with van der Waals surface area (Å²) < 4.78 is 5.40. The van der Waals surface area contributed by atoms with Crippen LogP contribution in [0.2, 0.25) is 0 Å². The molecule has 0 amide bonds. The van der Waals surface area contributed by atoms with E-state index < -0.39 is 0 Å². The Bertz CT molecular complexity index is 523. The summed E-state index contributed by atoms with van der Waals surface area (Å²) >= 11 is 0. The van der Waals surface area contributed by atoms with Gasteiger partial charge in [0.2, 0.25) is 5.78 Å². The van der Waals surface area contributed by atoms with E-state index in [2.05, 4.69) is 0 Å². The maximum Gasteiger partial charge on any atom is 0.228 e. The molecule has 80 valence electrons. The van der Waals surface area contributed by atoms with Crippen LogP contribution in [0.25, 0.3) is 0 Å². The molecule has 1 aliphatic carbocycles. The molecule has 0 radical (unpaired) electrons. The molecule has 3 rings (SSSR count). The average molecular weight is 212 g/mol. The number of benzene rings is 1. The number of carbonyl (C=O) groups is 1. The van der Waals surface area contributed by atoms with Gasteiger partial charge in [-0.25, -0.2) is 0 Å². The van der Waals surface area contributed by atoms with Crippen molar-refractivity contribution in [1.29, 1.82) is 0 Å². The van der Waals surface area contributed by atoms with Gasteiger partial charge in [0.05, 0.1) is 6.26 Å². The highest BCUT2D eigenvalue weighted by Crippen LogP contribution is 2.28. The van der Waals surface area contributed by atoms with Crippen molar-refractivity contribution in [1.82, 2.24) is 0 Å². The second-order valence-electron chi connectivity index (χ2n) is 4.12. The lowest BCUT2D eigenvalue weighted by Gasteiger charge is -1.99. The van der Waals surface area contributed by atoms with Crippen molar-refractivity contribution in [3.63, 3.8) is 0 Å². The van der Waals surface area contributed by atoms with Crippen molar-refractivity contribution in [2.45, 2.75) is 19.3 Å². The minimum atomic E-state index is 0.00347. The van der Waals surface area contributed by atoms with Gasteiger partial charge in [0.1, 0.15) is 0 Å².